The lowest BCUT2D eigenvalue weighted by Crippen LogP contribution is -2.44. The average molecular weight is 146 g/mol. The Labute approximate surface area is 63.2 Å². The SMILES string of the molecule is C[C@H](O)N(C)[C@@H](C)N(C)C. The summed E-state index contributed by atoms with van der Waals surface area (Å²) in [5, 5.41) is 9.14. The van der Waals surface area contributed by atoms with Crippen LogP contribution >= 0.6 is 0 Å². The molecule has 0 aromatic heterocycles. The maximum Gasteiger partial charge on any atom is 0.105 e. The molecule has 0 heterocycles. The first-order valence-corrected chi connectivity index (χ1v) is 3.53. The zero-order valence-corrected chi connectivity index (χ0v) is 7.50. The van der Waals surface area contributed by atoms with Gasteiger partial charge in [-0.1, -0.05) is 0 Å². The Hall–Kier alpha value is -0.120. The first-order chi connectivity index (χ1) is 4.46. The van der Waals surface area contributed by atoms with Crippen LogP contribution in [0.4, 0.5) is 0 Å². The van der Waals surface area contributed by atoms with Crippen LogP contribution in [0.25, 0.3) is 0 Å². The standard InChI is InChI=1S/C7H18N2O/c1-6(8(3)4)9(5)7(2)10/h6-7,10H,1-5H3/t6-,7-/m0/s1. The molecular formula is C7H18N2O. The molecule has 0 saturated heterocycles. The zero-order valence-electron chi connectivity index (χ0n) is 7.50. The van der Waals surface area contributed by atoms with Crippen LogP contribution in [0.15, 0.2) is 0 Å². The maximum absolute atomic E-state index is 9.14. The van der Waals surface area contributed by atoms with Gasteiger partial charge in [0.25, 0.3) is 0 Å². The molecule has 62 valence electrons. The predicted octanol–water partition coefficient (Wildman–Crippen LogP) is 0.164. The molecule has 10 heavy (non-hydrogen) atoms. The molecule has 0 amide bonds. The second kappa shape index (κ2) is 3.91. The minimum atomic E-state index is -0.377. The number of nitrogens with zero attached hydrogens (tertiary/aromatic N) is 2. The summed E-state index contributed by atoms with van der Waals surface area (Å²) in [6.07, 6.45) is -0.0996. The van der Waals surface area contributed by atoms with Crippen LogP contribution < -0.4 is 0 Å². The third kappa shape index (κ3) is 2.64. The van der Waals surface area contributed by atoms with Gasteiger partial charge >= 0.3 is 0 Å². The minimum absolute atomic E-state index is 0.278. The Bertz CT molecular complexity index is 81.6. The Balaban J connectivity index is 3.81. The first-order valence-electron chi connectivity index (χ1n) is 3.53. The molecule has 3 nitrogen and oxygen atoms in total. The quantitative estimate of drug-likeness (QED) is 0.575. The van der Waals surface area contributed by atoms with Crippen molar-refractivity contribution in [2.45, 2.75) is 26.2 Å². The van der Waals surface area contributed by atoms with Gasteiger partial charge in [0.1, 0.15) is 6.23 Å². The topological polar surface area (TPSA) is 26.7 Å². The Morgan fingerprint density at radius 2 is 1.50 bits per heavy atom. The Morgan fingerprint density at radius 1 is 1.10 bits per heavy atom. The summed E-state index contributed by atoms with van der Waals surface area (Å²) in [5.74, 6) is 0. The number of aliphatic hydroxyl groups excluding tert-OH is 1. The average Bonchev–Trinajstić information content (AvgIpc) is 1.84. The number of hydrogen-bond donors (Lipinski definition) is 1. The summed E-state index contributed by atoms with van der Waals surface area (Å²) >= 11 is 0. The lowest BCUT2D eigenvalue weighted by molar-refractivity contribution is -0.0276. The highest BCUT2D eigenvalue weighted by molar-refractivity contribution is 4.59. The van der Waals surface area contributed by atoms with Gasteiger partial charge in [0, 0.05) is 0 Å². The van der Waals surface area contributed by atoms with Crippen LogP contribution in [0, 0.1) is 0 Å². The van der Waals surface area contributed by atoms with Gasteiger partial charge in [-0.15, -0.1) is 0 Å². The number of aliphatic hydroxyl groups is 1. The van der Waals surface area contributed by atoms with E-state index in [1.54, 1.807) is 6.92 Å². The van der Waals surface area contributed by atoms with Gasteiger partial charge in [0.15, 0.2) is 0 Å². The normalized spacial score (nSPS) is 18.0. The van der Waals surface area contributed by atoms with E-state index in [0.29, 0.717) is 0 Å². The molecule has 2 atom stereocenters. The van der Waals surface area contributed by atoms with Crippen molar-refractivity contribution in [3.63, 3.8) is 0 Å². The number of rotatable bonds is 3. The molecule has 0 saturated carbocycles. The van der Waals surface area contributed by atoms with E-state index < -0.39 is 0 Å². The van der Waals surface area contributed by atoms with Crippen molar-refractivity contribution in [2.75, 3.05) is 21.1 Å². The van der Waals surface area contributed by atoms with Gasteiger partial charge in [0.2, 0.25) is 0 Å². The van der Waals surface area contributed by atoms with E-state index in [1.165, 1.54) is 0 Å². The molecule has 0 aliphatic carbocycles. The fourth-order valence-electron chi connectivity index (χ4n) is 0.676. The first kappa shape index (κ1) is 9.88. The smallest absolute Gasteiger partial charge is 0.105 e. The van der Waals surface area contributed by atoms with Crippen molar-refractivity contribution in [1.82, 2.24) is 9.80 Å². The van der Waals surface area contributed by atoms with Crippen molar-refractivity contribution in [2.24, 2.45) is 0 Å². The molecule has 0 rings (SSSR count). The van der Waals surface area contributed by atoms with Crippen molar-refractivity contribution in [3.8, 4) is 0 Å². The summed E-state index contributed by atoms with van der Waals surface area (Å²) in [6, 6.07) is 0. The molecule has 1 N–H and O–H groups in total. The third-order valence-electron chi connectivity index (χ3n) is 1.93. The molecular weight excluding hydrogens is 128 g/mol. The highest BCUT2D eigenvalue weighted by atomic mass is 16.3. The predicted molar refractivity (Wildman–Crippen MR) is 42.6 cm³/mol. The van der Waals surface area contributed by atoms with Crippen molar-refractivity contribution < 1.29 is 5.11 Å². The van der Waals surface area contributed by atoms with Crippen LogP contribution in [0.3, 0.4) is 0 Å². The van der Waals surface area contributed by atoms with E-state index in [1.807, 2.05) is 37.9 Å². The van der Waals surface area contributed by atoms with Crippen molar-refractivity contribution in [1.29, 1.82) is 0 Å². The highest BCUT2D eigenvalue weighted by Crippen LogP contribution is 2.00. The molecule has 0 aliphatic rings. The summed E-state index contributed by atoms with van der Waals surface area (Å²) < 4.78 is 0. The molecule has 0 spiro atoms. The molecule has 0 aliphatic heterocycles. The molecule has 0 unspecified atom stereocenters. The molecule has 3 heteroatoms. The van der Waals surface area contributed by atoms with Gasteiger partial charge in [-0.05, 0) is 35.0 Å². The molecule has 0 aromatic carbocycles. The van der Waals surface area contributed by atoms with Crippen LogP contribution in [-0.2, 0) is 0 Å². The van der Waals surface area contributed by atoms with E-state index >= 15 is 0 Å². The summed E-state index contributed by atoms with van der Waals surface area (Å²) in [5.41, 5.74) is 0. The van der Waals surface area contributed by atoms with E-state index in [9.17, 15) is 0 Å². The summed E-state index contributed by atoms with van der Waals surface area (Å²) in [4.78, 5) is 3.94. The van der Waals surface area contributed by atoms with E-state index in [2.05, 4.69) is 0 Å². The minimum Gasteiger partial charge on any atom is -0.379 e. The summed E-state index contributed by atoms with van der Waals surface area (Å²) in [7, 11) is 5.88. The van der Waals surface area contributed by atoms with Gasteiger partial charge in [0.05, 0.1) is 6.17 Å². The van der Waals surface area contributed by atoms with Gasteiger partial charge in [-0.3, -0.25) is 9.80 Å². The van der Waals surface area contributed by atoms with Crippen LogP contribution in [0.1, 0.15) is 13.8 Å². The highest BCUT2D eigenvalue weighted by Gasteiger charge is 2.13. The van der Waals surface area contributed by atoms with Gasteiger partial charge in [-0.25, -0.2) is 0 Å². The van der Waals surface area contributed by atoms with E-state index in [0.717, 1.165) is 0 Å². The molecule has 0 bridgehead atoms. The molecule has 0 radical (unpaired) electrons. The third-order valence-corrected chi connectivity index (χ3v) is 1.93. The fraction of sp³-hybridized carbons (Fsp3) is 1.00. The Kier molecular flexibility index (Phi) is 3.86. The second-order valence-electron chi connectivity index (χ2n) is 2.89. The lowest BCUT2D eigenvalue weighted by atomic mass is 10.4. The molecule has 0 aromatic rings. The monoisotopic (exact) mass is 146 g/mol. The van der Waals surface area contributed by atoms with Crippen LogP contribution in [-0.4, -0.2) is 48.4 Å². The van der Waals surface area contributed by atoms with E-state index in [4.69, 9.17) is 5.11 Å². The van der Waals surface area contributed by atoms with Gasteiger partial charge < -0.3 is 5.11 Å². The largest absolute Gasteiger partial charge is 0.379 e. The molecule has 0 fully saturated rings. The van der Waals surface area contributed by atoms with Gasteiger partial charge in [-0.2, -0.15) is 0 Å². The fourth-order valence-corrected chi connectivity index (χ4v) is 0.676. The lowest BCUT2D eigenvalue weighted by Gasteiger charge is -2.31. The van der Waals surface area contributed by atoms with Crippen molar-refractivity contribution >= 4 is 0 Å². The maximum atomic E-state index is 9.14. The van der Waals surface area contributed by atoms with E-state index in [-0.39, 0.29) is 12.4 Å². The second-order valence-corrected chi connectivity index (χ2v) is 2.89. The van der Waals surface area contributed by atoms with Crippen LogP contribution in [0.2, 0.25) is 0 Å². The van der Waals surface area contributed by atoms with Crippen molar-refractivity contribution in [3.05, 3.63) is 0 Å². The number of hydrogen-bond acceptors (Lipinski definition) is 3. The van der Waals surface area contributed by atoms with Crippen LogP contribution in [0.5, 0.6) is 0 Å². The summed E-state index contributed by atoms with van der Waals surface area (Å²) in [6.45, 7) is 3.81. The Morgan fingerprint density at radius 3 is 1.60 bits per heavy atom. The zero-order chi connectivity index (χ0) is 8.31.